The molecule has 1 unspecified atom stereocenters. The van der Waals surface area contributed by atoms with Gasteiger partial charge in [-0.1, -0.05) is 12.1 Å². The van der Waals surface area contributed by atoms with Crippen LogP contribution in [-0.4, -0.2) is 53.6 Å². The van der Waals surface area contributed by atoms with E-state index in [0.717, 1.165) is 12.1 Å². The Morgan fingerprint density at radius 2 is 1.44 bits per heavy atom. The zero-order valence-electron chi connectivity index (χ0n) is 19.6. The second-order valence-electron chi connectivity index (χ2n) is 6.67. The Balaban J connectivity index is 0.00000512. The molecule has 0 amide bonds. The summed E-state index contributed by atoms with van der Waals surface area (Å²) in [5, 5.41) is 6.56. The Hall–Kier alpha value is -2.56. The van der Waals surface area contributed by atoms with Crippen LogP contribution in [0, 0.1) is 0 Å². The van der Waals surface area contributed by atoms with E-state index < -0.39 is 0 Å². The standard InChI is InChI=1S/C23H33N3O5.HI/c1-7-24-23(25-14-16(2)31-19-11-9-8-10-18(19)27-3)26-15-17-12-21(29-5)22(30-6)13-20(17)28-4;/h8-13,16H,7,14-15H2,1-6H3,(H2,24,25,26);1H. The Morgan fingerprint density at radius 1 is 0.844 bits per heavy atom. The lowest BCUT2D eigenvalue weighted by atomic mass is 10.1. The van der Waals surface area contributed by atoms with Crippen LogP contribution in [0.5, 0.6) is 28.7 Å². The maximum atomic E-state index is 6.00. The van der Waals surface area contributed by atoms with Gasteiger partial charge in [-0.2, -0.15) is 0 Å². The first-order chi connectivity index (χ1) is 15.1. The van der Waals surface area contributed by atoms with Gasteiger partial charge in [-0.05, 0) is 32.0 Å². The second kappa shape index (κ2) is 14.5. The highest BCUT2D eigenvalue weighted by molar-refractivity contribution is 14.0. The lowest BCUT2D eigenvalue weighted by molar-refractivity contribution is 0.213. The fraction of sp³-hybridized carbons (Fsp3) is 0.435. The van der Waals surface area contributed by atoms with E-state index in [1.807, 2.05) is 44.2 Å². The number of methoxy groups -OCH3 is 4. The van der Waals surface area contributed by atoms with Gasteiger partial charge in [0.15, 0.2) is 29.0 Å². The molecule has 0 aliphatic heterocycles. The highest BCUT2D eigenvalue weighted by Gasteiger charge is 2.13. The molecule has 0 aromatic heterocycles. The molecule has 0 bridgehead atoms. The van der Waals surface area contributed by atoms with Gasteiger partial charge in [-0.25, -0.2) is 4.99 Å². The van der Waals surface area contributed by atoms with Crippen LogP contribution in [0.4, 0.5) is 0 Å². The molecular formula is C23H34IN3O5. The van der Waals surface area contributed by atoms with Gasteiger partial charge in [-0.15, -0.1) is 24.0 Å². The third-order valence-corrected chi connectivity index (χ3v) is 4.49. The van der Waals surface area contributed by atoms with Crippen LogP contribution in [0.2, 0.25) is 0 Å². The monoisotopic (exact) mass is 559 g/mol. The van der Waals surface area contributed by atoms with Gasteiger partial charge >= 0.3 is 0 Å². The summed E-state index contributed by atoms with van der Waals surface area (Å²) in [4.78, 5) is 4.67. The van der Waals surface area contributed by atoms with Crippen LogP contribution in [0.15, 0.2) is 41.4 Å². The molecule has 0 saturated heterocycles. The van der Waals surface area contributed by atoms with Crippen LogP contribution in [-0.2, 0) is 6.54 Å². The van der Waals surface area contributed by atoms with Gasteiger partial charge in [0.25, 0.3) is 0 Å². The number of hydrogen-bond donors (Lipinski definition) is 2. The quantitative estimate of drug-likeness (QED) is 0.246. The lowest BCUT2D eigenvalue weighted by Crippen LogP contribution is -2.41. The molecule has 0 heterocycles. The Labute approximate surface area is 207 Å². The van der Waals surface area contributed by atoms with E-state index in [-0.39, 0.29) is 30.1 Å². The van der Waals surface area contributed by atoms with Gasteiger partial charge in [0, 0.05) is 18.2 Å². The predicted molar refractivity (Wildman–Crippen MR) is 137 cm³/mol. The number of guanidine groups is 1. The molecule has 0 aliphatic carbocycles. The summed E-state index contributed by atoms with van der Waals surface area (Å²) in [6.07, 6.45) is -0.101. The van der Waals surface area contributed by atoms with E-state index in [1.54, 1.807) is 34.5 Å². The Kier molecular flexibility index (Phi) is 12.4. The van der Waals surface area contributed by atoms with E-state index in [4.69, 9.17) is 23.7 Å². The number of para-hydroxylation sites is 2. The first-order valence-electron chi connectivity index (χ1n) is 10.2. The molecule has 0 spiro atoms. The molecule has 0 fully saturated rings. The normalized spacial score (nSPS) is 11.6. The molecule has 8 nitrogen and oxygen atoms in total. The van der Waals surface area contributed by atoms with Crippen molar-refractivity contribution in [3.8, 4) is 28.7 Å². The predicted octanol–water partition coefficient (Wildman–Crippen LogP) is 3.86. The van der Waals surface area contributed by atoms with Gasteiger partial charge in [0.2, 0.25) is 0 Å². The van der Waals surface area contributed by atoms with Crippen LogP contribution in [0.3, 0.4) is 0 Å². The molecule has 9 heteroatoms. The number of benzene rings is 2. The minimum atomic E-state index is -0.101. The van der Waals surface area contributed by atoms with E-state index in [0.29, 0.717) is 47.8 Å². The SMILES string of the molecule is CCNC(=NCc1cc(OC)c(OC)cc1OC)NCC(C)Oc1ccccc1OC.I. The van der Waals surface area contributed by atoms with Crippen molar-refractivity contribution in [2.45, 2.75) is 26.5 Å². The summed E-state index contributed by atoms with van der Waals surface area (Å²) in [6, 6.07) is 11.3. The maximum absolute atomic E-state index is 6.00. The van der Waals surface area contributed by atoms with Crippen molar-refractivity contribution in [2.24, 2.45) is 4.99 Å². The molecule has 2 aromatic carbocycles. The number of halogens is 1. The van der Waals surface area contributed by atoms with Gasteiger partial charge < -0.3 is 34.3 Å². The third kappa shape index (κ3) is 7.85. The molecule has 1 atom stereocenters. The van der Waals surface area contributed by atoms with E-state index >= 15 is 0 Å². The maximum Gasteiger partial charge on any atom is 0.191 e. The van der Waals surface area contributed by atoms with Gasteiger partial charge in [0.1, 0.15) is 11.9 Å². The fourth-order valence-electron chi connectivity index (χ4n) is 2.94. The van der Waals surface area contributed by atoms with E-state index in [9.17, 15) is 0 Å². The minimum absolute atomic E-state index is 0. The molecular weight excluding hydrogens is 525 g/mol. The highest BCUT2D eigenvalue weighted by Crippen LogP contribution is 2.35. The lowest BCUT2D eigenvalue weighted by Gasteiger charge is -2.19. The first kappa shape index (κ1) is 27.5. The summed E-state index contributed by atoms with van der Waals surface area (Å²) in [7, 11) is 6.45. The summed E-state index contributed by atoms with van der Waals surface area (Å²) < 4.78 is 27.6. The number of ether oxygens (including phenoxy) is 5. The van der Waals surface area contributed by atoms with Crippen LogP contribution in [0.25, 0.3) is 0 Å². The number of nitrogens with one attached hydrogen (secondary N) is 2. The zero-order valence-corrected chi connectivity index (χ0v) is 21.9. The van der Waals surface area contributed by atoms with Crippen molar-refractivity contribution in [2.75, 3.05) is 41.5 Å². The smallest absolute Gasteiger partial charge is 0.191 e. The Bertz CT molecular complexity index is 864. The molecule has 0 radical (unpaired) electrons. The average Bonchev–Trinajstić information content (AvgIpc) is 2.80. The topological polar surface area (TPSA) is 82.6 Å². The molecule has 32 heavy (non-hydrogen) atoms. The largest absolute Gasteiger partial charge is 0.496 e. The van der Waals surface area contributed by atoms with Crippen molar-refractivity contribution in [3.63, 3.8) is 0 Å². The first-order valence-corrected chi connectivity index (χ1v) is 10.2. The molecule has 178 valence electrons. The molecule has 0 saturated carbocycles. The summed E-state index contributed by atoms with van der Waals surface area (Å²) in [6.45, 7) is 5.70. The molecule has 2 N–H and O–H groups in total. The molecule has 2 rings (SSSR count). The summed E-state index contributed by atoms with van der Waals surface area (Å²) >= 11 is 0. The summed E-state index contributed by atoms with van der Waals surface area (Å²) in [5.74, 6) is 4.01. The van der Waals surface area contributed by atoms with Crippen LogP contribution < -0.4 is 34.3 Å². The zero-order chi connectivity index (χ0) is 22.6. The van der Waals surface area contributed by atoms with Gasteiger partial charge in [-0.3, -0.25) is 0 Å². The van der Waals surface area contributed by atoms with Crippen molar-refractivity contribution >= 4 is 29.9 Å². The molecule has 2 aromatic rings. The average molecular weight is 559 g/mol. The van der Waals surface area contributed by atoms with Crippen LogP contribution in [0.1, 0.15) is 19.4 Å². The molecule has 0 aliphatic rings. The number of aliphatic imine (C=N–C) groups is 1. The summed E-state index contributed by atoms with van der Waals surface area (Å²) in [5.41, 5.74) is 0.885. The van der Waals surface area contributed by atoms with Crippen LogP contribution >= 0.6 is 24.0 Å². The fourth-order valence-corrected chi connectivity index (χ4v) is 2.94. The minimum Gasteiger partial charge on any atom is -0.496 e. The van der Waals surface area contributed by atoms with Crippen molar-refractivity contribution in [1.82, 2.24) is 10.6 Å². The number of rotatable bonds is 11. The number of hydrogen-bond acceptors (Lipinski definition) is 6. The number of nitrogens with zero attached hydrogens (tertiary/aromatic N) is 1. The highest BCUT2D eigenvalue weighted by atomic mass is 127. The van der Waals surface area contributed by atoms with E-state index in [1.165, 1.54) is 0 Å². The van der Waals surface area contributed by atoms with Crippen molar-refractivity contribution in [1.29, 1.82) is 0 Å². The second-order valence-corrected chi connectivity index (χ2v) is 6.67. The van der Waals surface area contributed by atoms with Crippen molar-refractivity contribution in [3.05, 3.63) is 42.0 Å². The van der Waals surface area contributed by atoms with E-state index in [2.05, 4.69) is 15.6 Å². The van der Waals surface area contributed by atoms with Gasteiger partial charge in [0.05, 0.1) is 41.5 Å². The third-order valence-electron chi connectivity index (χ3n) is 4.49. The Morgan fingerprint density at radius 3 is 2.03 bits per heavy atom. The van der Waals surface area contributed by atoms with Crippen molar-refractivity contribution < 1.29 is 23.7 Å².